The normalized spacial score (nSPS) is 11.5. The summed E-state index contributed by atoms with van der Waals surface area (Å²) >= 11 is 0. The highest BCUT2D eigenvalue weighted by Gasteiger charge is 2.25. The molecule has 4 N–H and O–H groups in total. The molecule has 0 saturated carbocycles. The number of rotatable bonds is 82. The second-order valence-electron chi connectivity index (χ2n) is 36.6. The average molecular weight is 1660 g/mol. The quantitative estimate of drug-likeness (QED) is 0.0282. The lowest BCUT2D eigenvalue weighted by molar-refractivity contribution is 0.471. The Morgan fingerprint density at radius 2 is 0.267 bits per heavy atom. The Hall–Kier alpha value is -5.90. The molecule has 0 saturated heterocycles. The SMILES string of the molecule is CCCCCCCCCCN(CCCCCCCCCC)c1ccc(N(c2ccc(N(c3ccc(N(CCCCCCCCCC)CCCCCCCCCC)c(O)c3)c3ccc(N(CCCCCCCCCC)CCCCCCCCCC)c(O)c3)cc2)c2ccc(N(CCCCCCCCCC)CCCCCCCCCC)c(O)c2)cc1O. The lowest BCUT2D eigenvalue weighted by atomic mass is 10.1. The number of phenolic OH excluding ortho intramolecular Hbond substituents is 4. The monoisotopic (exact) mass is 1660 g/mol. The van der Waals surface area contributed by atoms with Crippen LogP contribution in [0.4, 0.5) is 56.9 Å². The summed E-state index contributed by atoms with van der Waals surface area (Å²) in [6.07, 6.45) is 80.8. The Bertz CT molecular complexity index is 2730. The van der Waals surface area contributed by atoms with Crippen LogP contribution in [-0.4, -0.2) is 72.8 Å². The summed E-state index contributed by atoms with van der Waals surface area (Å²) in [5.41, 5.74) is 8.59. The van der Waals surface area contributed by atoms with Gasteiger partial charge in [-0.1, -0.05) is 415 Å². The summed E-state index contributed by atoms with van der Waals surface area (Å²) < 4.78 is 0. The highest BCUT2D eigenvalue weighted by molar-refractivity contribution is 5.85. The molecule has 10 heteroatoms. The van der Waals surface area contributed by atoms with E-state index in [2.05, 4.69) is 158 Å². The van der Waals surface area contributed by atoms with Gasteiger partial charge in [0.25, 0.3) is 0 Å². The minimum absolute atomic E-state index is 0.275. The van der Waals surface area contributed by atoms with Gasteiger partial charge < -0.3 is 49.8 Å². The van der Waals surface area contributed by atoms with Gasteiger partial charge in [0, 0.05) is 111 Å². The van der Waals surface area contributed by atoms with Gasteiger partial charge in [-0.05, 0) is 124 Å². The Morgan fingerprint density at radius 3 is 0.392 bits per heavy atom. The van der Waals surface area contributed by atoms with E-state index in [1.807, 2.05) is 24.3 Å². The third-order valence-electron chi connectivity index (χ3n) is 25.9. The van der Waals surface area contributed by atoms with E-state index < -0.39 is 0 Å². The van der Waals surface area contributed by atoms with Gasteiger partial charge in [0.2, 0.25) is 0 Å². The van der Waals surface area contributed by atoms with E-state index in [9.17, 15) is 20.4 Å². The van der Waals surface area contributed by atoms with Gasteiger partial charge in [-0.3, -0.25) is 0 Å². The summed E-state index contributed by atoms with van der Waals surface area (Å²) in [4.78, 5) is 14.3. The number of nitrogens with zero attached hydrogens (tertiary/aromatic N) is 6. The van der Waals surface area contributed by atoms with Crippen LogP contribution >= 0.6 is 0 Å². The van der Waals surface area contributed by atoms with Crippen molar-refractivity contribution < 1.29 is 20.4 Å². The van der Waals surface area contributed by atoms with Crippen LogP contribution in [0.3, 0.4) is 0 Å². The molecule has 0 aliphatic heterocycles. The maximum atomic E-state index is 12.7. The number of anilines is 10. The molecule has 0 radical (unpaired) electrons. The summed E-state index contributed by atoms with van der Waals surface area (Å²) in [6, 6.07) is 34.0. The second-order valence-corrected chi connectivity index (χ2v) is 36.6. The van der Waals surface area contributed by atoms with E-state index in [1.165, 1.54) is 360 Å². The Kier molecular flexibility index (Phi) is 61.4. The van der Waals surface area contributed by atoms with Crippen LogP contribution in [0.25, 0.3) is 0 Å². The first-order valence-electron chi connectivity index (χ1n) is 52.1. The van der Waals surface area contributed by atoms with Crippen LogP contribution in [-0.2, 0) is 0 Å². The molecule has 0 fully saturated rings. The van der Waals surface area contributed by atoms with Gasteiger partial charge in [-0.25, -0.2) is 0 Å². The molecule has 0 unspecified atom stereocenters. The second kappa shape index (κ2) is 70.4. The fraction of sp³-hybridized carbons (Fsp3) is 0.727. The van der Waals surface area contributed by atoms with Gasteiger partial charge in [0.05, 0.1) is 22.7 Å². The average Bonchev–Trinajstić information content (AvgIpc) is 0.777. The van der Waals surface area contributed by atoms with Crippen molar-refractivity contribution in [2.45, 2.75) is 466 Å². The van der Waals surface area contributed by atoms with Gasteiger partial charge in [-0.2, -0.15) is 0 Å². The van der Waals surface area contributed by atoms with Crippen molar-refractivity contribution in [2.75, 3.05) is 81.8 Å². The van der Waals surface area contributed by atoms with Crippen LogP contribution in [0.15, 0.2) is 97.1 Å². The van der Waals surface area contributed by atoms with Crippen molar-refractivity contribution in [3.05, 3.63) is 97.1 Å². The zero-order valence-electron chi connectivity index (χ0n) is 79.6. The first-order valence-corrected chi connectivity index (χ1v) is 52.1. The summed E-state index contributed by atoms with van der Waals surface area (Å²) in [5, 5.41) is 50.8. The molecule has 0 aliphatic carbocycles. The number of aromatic hydroxyl groups is 4. The van der Waals surface area contributed by atoms with Crippen LogP contribution in [0, 0.1) is 0 Å². The molecule has 0 heterocycles. The molecule has 5 rings (SSSR count). The van der Waals surface area contributed by atoms with Crippen LogP contribution in [0.1, 0.15) is 466 Å². The van der Waals surface area contributed by atoms with Crippen LogP contribution in [0.2, 0.25) is 0 Å². The van der Waals surface area contributed by atoms with Crippen molar-refractivity contribution in [3.8, 4) is 23.0 Å². The fourth-order valence-corrected chi connectivity index (χ4v) is 18.2. The lowest BCUT2D eigenvalue weighted by Crippen LogP contribution is -2.26. The number of phenols is 4. The van der Waals surface area contributed by atoms with Crippen molar-refractivity contribution in [1.29, 1.82) is 0 Å². The minimum Gasteiger partial charge on any atom is -0.506 e. The summed E-state index contributed by atoms with van der Waals surface area (Å²) in [7, 11) is 0. The van der Waals surface area contributed by atoms with E-state index in [-0.39, 0.29) is 23.0 Å². The van der Waals surface area contributed by atoms with E-state index in [4.69, 9.17) is 0 Å². The first-order chi connectivity index (χ1) is 59.1. The molecule has 682 valence electrons. The fourth-order valence-electron chi connectivity index (χ4n) is 18.2. The first kappa shape index (κ1) is 105. The molecule has 0 aromatic heterocycles. The number of unbranched alkanes of at least 4 members (excludes halogenated alkanes) is 56. The van der Waals surface area contributed by atoms with Crippen LogP contribution in [0.5, 0.6) is 23.0 Å². The number of hydrogen-bond acceptors (Lipinski definition) is 10. The predicted molar refractivity (Wildman–Crippen MR) is 532 cm³/mol. The molecule has 0 spiro atoms. The molecular formula is C110H188N6O4. The van der Waals surface area contributed by atoms with Crippen molar-refractivity contribution in [2.24, 2.45) is 0 Å². The third kappa shape index (κ3) is 44.6. The van der Waals surface area contributed by atoms with Crippen LogP contribution < -0.4 is 29.4 Å². The minimum atomic E-state index is 0.275. The predicted octanol–water partition coefficient (Wildman–Crippen LogP) is 35.8. The molecule has 0 aliphatic rings. The van der Waals surface area contributed by atoms with Gasteiger partial charge in [0.1, 0.15) is 23.0 Å². The molecule has 0 bridgehead atoms. The highest BCUT2D eigenvalue weighted by atomic mass is 16.3. The summed E-state index contributed by atoms with van der Waals surface area (Å²) in [5.74, 6) is 1.10. The molecule has 5 aromatic carbocycles. The van der Waals surface area contributed by atoms with E-state index in [0.29, 0.717) is 0 Å². The molecule has 0 amide bonds. The maximum Gasteiger partial charge on any atom is 0.140 e. The molecule has 0 atom stereocenters. The van der Waals surface area contributed by atoms with Gasteiger partial charge >= 0.3 is 0 Å². The largest absolute Gasteiger partial charge is 0.506 e. The van der Waals surface area contributed by atoms with Gasteiger partial charge in [-0.15, -0.1) is 0 Å². The Labute approximate surface area is 741 Å². The molecular weight excluding hydrogens is 1470 g/mol. The van der Waals surface area contributed by atoms with E-state index in [0.717, 1.165) is 161 Å². The number of hydrogen-bond donors (Lipinski definition) is 4. The topological polar surface area (TPSA) is 100 Å². The maximum absolute atomic E-state index is 12.7. The Balaban J connectivity index is 1.67. The van der Waals surface area contributed by atoms with E-state index in [1.54, 1.807) is 0 Å². The van der Waals surface area contributed by atoms with Crippen molar-refractivity contribution >= 4 is 56.9 Å². The molecule has 5 aromatic rings. The highest BCUT2D eigenvalue weighted by Crippen LogP contribution is 2.47. The van der Waals surface area contributed by atoms with Crippen molar-refractivity contribution in [1.82, 2.24) is 0 Å². The van der Waals surface area contributed by atoms with Gasteiger partial charge in [0.15, 0.2) is 0 Å². The van der Waals surface area contributed by atoms with Crippen molar-refractivity contribution in [3.63, 3.8) is 0 Å². The zero-order valence-corrected chi connectivity index (χ0v) is 79.6. The lowest BCUT2D eigenvalue weighted by Gasteiger charge is -2.32. The van der Waals surface area contributed by atoms with E-state index >= 15 is 0 Å². The zero-order chi connectivity index (χ0) is 85.8. The molecule has 10 nitrogen and oxygen atoms in total. The smallest absolute Gasteiger partial charge is 0.140 e. The summed E-state index contributed by atoms with van der Waals surface area (Å²) in [6.45, 7) is 25.7. The standard InChI is InChI=1S/C110H188N6O4/c1-9-17-25-33-41-49-57-65-85-111(86-66-58-50-42-34-26-18-10-2)103-81-77-99(93-107(103)117)115(100-78-82-104(108(118)94-100)112(87-67-59-51-43-35-27-19-11-3)88-68-60-52-44-36-28-20-12-4)97-73-75-98(76-74-97)116(101-79-83-105(109(119)95-101)113(89-69-61-53-45-37-29-21-13-5)90-70-62-54-46-38-30-22-14-6)102-80-84-106(110(120)96-102)114(91-71-63-55-47-39-31-23-15-7)92-72-64-56-48-40-32-24-16-8/h73-84,93-96,117-120H,9-72,85-92H2,1-8H3. The third-order valence-corrected chi connectivity index (χ3v) is 25.9. The molecule has 120 heavy (non-hydrogen) atoms. The number of benzene rings is 5. The Morgan fingerprint density at radius 1 is 0.150 bits per heavy atom.